The number of nitrogens with zero attached hydrogens (tertiary/aromatic N) is 2. The molecule has 3 nitrogen and oxygen atoms in total. The molecule has 0 radical (unpaired) electrons. The number of aromatic nitrogens is 1. The van der Waals surface area contributed by atoms with Gasteiger partial charge >= 0.3 is 0 Å². The lowest BCUT2D eigenvalue weighted by Crippen LogP contribution is -2.42. The molecule has 3 rings (SSSR count). The minimum absolute atomic E-state index is 0. The molecule has 0 aliphatic carbocycles. The maximum atomic E-state index is 4.18. The third-order valence-corrected chi connectivity index (χ3v) is 3.70. The Bertz CT molecular complexity index is 342. The SMILES string of the molecule is Cl.Cl.Cl.c1cncc(N2CCC3(CCCN3)C2)c1. The molecule has 2 aliphatic heterocycles. The zero-order valence-electron chi connectivity index (χ0n) is 10.2. The minimum atomic E-state index is 0. The molecule has 18 heavy (non-hydrogen) atoms. The Hall–Kier alpha value is -0.220. The maximum Gasteiger partial charge on any atom is 0.0553 e. The molecule has 2 fully saturated rings. The van der Waals surface area contributed by atoms with Gasteiger partial charge in [-0.15, -0.1) is 37.2 Å². The molecule has 1 N–H and O–H groups in total. The highest BCUT2D eigenvalue weighted by atomic mass is 35.5. The summed E-state index contributed by atoms with van der Waals surface area (Å²) in [5.41, 5.74) is 1.68. The smallest absolute Gasteiger partial charge is 0.0553 e. The fourth-order valence-corrected chi connectivity index (χ4v) is 2.85. The van der Waals surface area contributed by atoms with Crippen LogP contribution in [-0.2, 0) is 0 Å². The van der Waals surface area contributed by atoms with Crippen LogP contribution in [0.15, 0.2) is 24.5 Å². The highest BCUT2D eigenvalue weighted by Gasteiger charge is 2.39. The third-order valence-electron chi connectivity index (χ3n) is 3.70. The summed E-state index contributed by atoms with van der Waals surface area (Å²) in [6.07, 6.45) is 7.75. The number of halogens is 3. The normalized spacial score (nSPS) is 25.2. The lowest BCUT2D eigenvalue weighted by molar-refractivity contribution is 0.419. The van der Waals surface area contributed by atoms with E-state index in [0.29, 0.717) is 5.54 Å². The topological polar surface area (TPSA) is 28.2 Å². The van der Waals surface area contributed by atoms with Crippen molar-refractivity contribution in [3.8, 4) is 0 Å². The van der Waals surface area contributed by atoms with E-state index in [1.807, 2.05) is 18.5 Å². The lowest BCUT2D eigenvalue weighted by atomic mass is 9.97. The van der Waals surface area contributed by atoms with Crippen LogP contribution >= 0.6 is 37.2 Å². The Labute approximate surface area is 127 Å². The Kier molecular flexibility index (Phi) is 7.30. The van der Waals surface area contributed by atoms with Crippen LogP contribution in [0.5, 0.6) is 0 Å². The number of pyridine rings is 1. The Morgan fingerprint density at radius 1 is 1.22 bits per heavy atom. The van der Waals surface area contributed by atoms with Crippen LogP contribution < -0.4 is 10.2 Å². The number of hydrogen-bond donors (Lipinski definition) is 1. The van der Waals surface area contributed by atoms with E-state index in [1.54, 1.807) is 0 Å². The molecule has 1 atom stereocenters. The second kappa shape index (κ2) is 7.39. The van der Waals surface area contributed by atoms with Gasteiger partial charge in [0.1, 0.15) is 0 Å². The molecule has 1 aromatic heterocycles. The molecular formula is C12H20Cl3N3. The molecule has 6 heteroatoms. The summed E-state index contributed by atoms with van der Waals surface area (Å²) in [5.74, 6) is 0. The van der Waals surface area contributed by atoms with E-state index in [4.69, 9.17) is 0 Å². The second-order valence-electron chi connectivity index (χ2n) is 4.69. The zero-order valence-corrected chi connectivity index (χ0v) is 12.6. The van der Waals surface area contributed by atoms with Crippen molar-refractivity contribution in [2.24, 2.45) is 0 Å². The zero-order chi connectivity index (χ0) is 10.1. The van der Waals surface area contributed by atoms with Crippen LogP contribution in [0.3, 0.4) is 0 Å². The first kappa shape index (κ1) is 17.8. The summed E-state index contributed by atoms with van der Waals surface area (Å²) in [4.78, 5) is 6.63. The van der Waals surface area contributed by atoms with Crippen molar-refractivity contribution >= 4 is 42.9 Å². The molecular weight excluding hydrogens is 293 g/mol. The summed E-state index contributed by atoms with van der Waals surface area (Å²) in [5, 5.41) is 3.67. The van der Waals surface area contributed by atoms with Crippen LogP contribution in [0.25, 0.3) is 0 Å². The number of rotatable bonds is 1. The molecule has 2 saturated heterocycles. The first-order chi connectivity index (χ1) is 7.38. The van der Waals surface area contributed by atoms with Crippen molar-refractivity contribution in [1.29, 1.82) is 0 Å². The molecule has 104 valence electrons. The second-order valence-corrected chi connectivity index (χ2v) is 4.69. The fraction of sp³-hybridized carbons (Fsp3) is 0.583. The molecule has 2 aliphatic rings. The van der Waals surface area contributed by atoms with Gasteiger partial charge in [0.25, 0.3) is 0 Å². The van der Waals surface area contributed by atoms with Crippen molar-refractivity contribution in [3.05, 3.63) is 24.5 Å². The van der Waals surface area contributed by atoms with Gasteiger partial charge < -0.3 is 10.2 Å². The molecule has 1 aromatic rings. The lowest BCUT2D eigenvalue weighted by Gasteiger charge is -2.25. The van der Waals surface area contributed by atoms with Crippen LogP contribution in [0.2, 0.25) is 0 Å². The molecule has 1 spiro atoms. The van der Waals surface area contributed by atoms with Crippen molar-refractivity contribution in [1.82, 2.24) is 10.3 Å². The van der Waals surface area contributed by atoms with Gasteiger partial charge in [0.2, 0.25) is 0 Å². The van der Waals surface area contributed by atoms with Crippen molar-refractivity contribution in [3.63, 3.8) is 0 Å². The van der Waals surface area contributed by atoms with E-state index >= 15 is 0 Å². The van der Waals surface area contributed by atoms with Gasteiger partial charge in [0, 0.05) is 24.8 Å². The van der Waals surface area contributed by atoms with Gasteiger partial charge in [-0.25, -0.2) is 0 Å². The summed E-state index contributed by atoms with van der Waals surface area (Å²) in [6.45, 7) is 3.51. The summed E-state index contributed by atoms with van der Waals surface area (Å²) in [7, 11) is 0. The van der Waals surface area contributed by atoms with E-state index in [2.05, 4.69) is 21.3 Å². The average Bonchev–Trinajstić information content (AvgIpc) is 2.91. The molecule has 3 heterocycles. The van der Waals surface area contributed by atoms with Crippen LogP contribution in [-0.4, -0.2) is 30.2 Å². The molecule has 1 unspecified atom stereocenters. The van der Waals surface area contributed by atoms with Gasteiger partial charge in [0.15, 0.2) is 0 Å². The fourth-order valence-electron chi connectivity index (χ4n) is 2.85. The Morgan fingerprint density at radius 2 is 2.06 bits per heavy atom. The van der Waals surface area contributed by atoms with Gasteiger partial charge in [-0.2, -0.15) is 0 Å². The van der Waals surface area contributed by atoms with Crippen LogP contribution in [0.1, 0.15) is 19.3 Å². The number of nitrogens with one attached hydrogen (secondary N) is 1. The van der Waals surface area contributed by atoms with Gasteiger partial charge in [-0.1, -0.05) is 0 Å². The van der Waals surface area contributed by atoms with Crippen LogP contribution in [0, 0.1) is 0 Å². The predicted octanol–water partition coefficient (Wildman–Crippen LogP) is 2.68. The monoisotopic (exact) mass is 311 g/mol. The third kappa shape index (κ3) is 3.41. The Morgan fingerprint density at radius 3 is 2.67 bits per heavy atom. The van der Waals surface area contributed by atoms with E-state index in [9.17, 15) is 0 Å². The minimum Gasteiger partial charge on any atom is -0.368 e. The summed E-state index contributed by atoms with van der Waals surface area (Å²) >= 11 is 0. The standard InChI is InChI=1S/C12H17N3.3ClH/c1-3-11(9-13-6-1)15-8-5-12(10-15)4-2-7-14-12;;;/h1,3,6,9,14H,2,4-5,7-8,10H2;3*1H. The van der Waals surface area contributed by atoms with Gasteiger partial charge in [0.05, 0.1) is 11.9 Å². The number of hydrogen-bond acceptors (Lipinski definition) is 3. The van der Waals surface area contributed by atoms with Gasteiger partial charge in [-0.05, 0) is 37.9 Å². The maximum absolute atomic E-state index is 4.18. The first-order valence-corrected chi connectivity index (χ1v) is 5.78. The van der Waals surface area contributed by atoms with E-state index in [1.165, 1.54) is 38.0 Å². The number of anilines is 1. The molecule has 0 bridgehead atoms. The summed E-state index contributed by atoms with van der Waals surface area (Å²) in [6, 6.07) is 4.17. The van der Waals surface area contributed by atoms with E-state index in [0.717, 1.165) is 6.54 Å². The molecule has 0 saturated carbocycles. The quantitative estimate of drug-likeness (QED) is 0.864. The molecule has 0 aromatic carbocycles. The van der Waals surface area contributed by atoms with E-state index in [-0.39, 0.29) is 37.2 Å². The average molecular weight is 313 g/mol. The van der Waals surface area contributed by atoms with Crippen molar-refractivity contribution in [2.75, 3.05) is 24.5 Å². The first-order valence-electron chi connectivity index (χ1n) is 5.78. The largest absolute Gasteiger partial charge is 0.368 e. The van der Waals surface area contributed by atoms with Crippen molar-refractivity contribution < 1.29 is 0 Å². The summed E-state index contributed by atoms with van der Waals surface area (Å²) < 4.78 is 0. The van der Waals surface area contributed by atoms with Crippen LogP contribution in [0.4, 0.5) is 5.69 Å². The van der Waals surface area contributed by atoms with E-state index < -0.39 is 0 Å². The van der Waals surface area contributed by atoms with Crippen molar-refractivity contribution in [2.45, 2.75) is 24.8 Å². The predicted molar refractivity (Wildman–Crippen MR) is 82.8 cm³/mol. The highest BCUT2D eigenvalue weighted by molar-refractivity contribution is 5.86. The molecule has 0 amide bonds. The Balaban J connectivity index is 0.000000963. The van der Waals surface area contributed by atoms with Gasteiger partial charge in [-0.3, -0.25) is 4.98 Å². The highest BCUT2D eigenvalue weighted by Crippen LogP contribution is 2.32.